The van der Waals surface area contributed by atoms with Gasteiger partial charge < -0.3 is 4.74 Å². The number of aromatic nitrogens is 1. The van der Waals surface area contributed by atoms with Crippen molar-refractivity contribution in [3.05, 3.63) is 29.6 Å². The van der Waals surface area contributed by atoms with Crippen LogP contribution in [0.5, 0.6) is 0 Å². The van der Waals surface area contributed by atoms with Gasteiger partial charge in [0.1, 0.15) is 11.4 Å². The number of nitrogens with one attached hydrogen (secondary N) is 1. The van der Waals surface area contributed by atoms with Crippen molar-refractivity contribution in [1.82, 2.24) is 4.98 Å². The number of rotatable bonds is 1. The van der Waals surface area contributed by atoms with Gasteiger partial charge in [-0.15, -0.1) is 0 Å². The Bertz CT molecular complexity index is 467. The molecule has 0 saturated carbocycles. The molecule has 1 unspecified atom stereocenters. The molecule has 0 saturated heterocycles. The maximum atomic E-state index is 11.7. The molecule has 0 bridgehead atoms. The first kappa shape index (κ1) is 9.67. The predicted molar refractivity (Wildman–Crippen MR) is 51.4 cm³/mol. The van der Waals surface area contributed by atoms with E-state index in [-0.39, 0.29) is 22.8 Å². The highest BCUT2D eigenvalue weighted by Crippen LogP contribution is 2.18. The Balaban J connectivity index is 2.62. The number of ether oxygens (including phenoxy) is 1. The molecule has 76 valence electrons. The van der Waals surface area contributed by atoms with Gasteiger partial charge in [0.25, 0.3) is 0 Å². The summed E-state index contributed by atoms with van der Waals surface area (Å²) in [5, 5.41) is 7.48. The van der Waals surface area contributed by atoms with Gasteiger partial charge in [-0.2, -0.15) is 0 Å². The minimum atomic E-state index is -1.09. The number of hydrogen-bond donors (Lipinski definition) is 1. The first-order valence-electron chi connectivity index (χ1n) is 4.32. The lowest BCUT2D eigenvalue weighted by molar-refractivity contribution is 0.0721. The fourth-order valence-corrected chi connectivity index (χ4v) is 1.53. The number of carbonyl (C=O) groups is 2. The van der Waals surface area contributed by atoms with Crippen molar-refractivity contribution in [2.75, 3.05) is 7.11 Å². The summed E-state index contributed by atoms with van der Waals surface area (Å²) in [5.74, 6) is -0.928. The molecule has 2 rings (SSSR count). The molecule has 15 heavy (non-hydrogen) atoms. The minimum absolute atomic E-state index is 0.0424. The second-order valence-corrected chi connectivity index (χ2v) is 3.12. The van der Waals surface area contributed by atoms with Crippen molar-refractivity contribution in [2.45, 2.75) is 6.10 Å². The van der Waals surface area contributed by atoms with Gasteiger partial charge in [0.15, 0.2) is 11.9 Å². The molecule has 5 nitrogen and oxygen atoms in total. The second-order valence-electron chi connectivity index (χ2n) is 3.12. The van der Waals surface area contributed by atoms with Gasteiger partial charge in [-0.3, -0.25) is 20.0 Å². The molecule has 5 heteroatoms. The summed E-state index contributed by atoms with van der Waals surface area (Å²) >= 11 is 0. The van der Waals surface area contributed by atoms with Crippen molar-refractivity contribution >= 4 is 17.3 Å². The molecule has 0 spiro atoms. The predicted octanol–water partition coefficient (Wildman–Crippen LogP) is 0.495. The number of Topliss-reactive ketones (excluding diaryl/α,β-unsaturated/α-hetero) is 2. The van der Waals surface area contributed by atoms with Crippen LogP contribution < -0.4 is 0 Å². The van der Waals surface area contributed by atoms with Crippen molar-refractivity contribution in [2.24, 2.45) is 0 Å². The number of hydrogen-bond acceptors (Lipinski definition) is 5. The molecule has 1 aliphatic carbocycles. The average molecular weight is 204 g/mol. The molecule has 0 aromatic carbocycles. The largest absolute Gasteiger partial charge is 0.367 e. The monoisotopic (exact) mass is 204 g/mol. The Morgan fingerprint density at radius 3 is 2.87 bits per heavy atom. The van der Waals surface area contributed by atoms with E-state index in [4.69, 9.17) is 10.1 Å². The Morgan fingerprint density at radius 1 is 1.47 bits per heavy atom. The maximum absolute atomic E-state index is 11.7. The molecule has 1 aromatic rings. The average Bonchev–Trinajstić information content (AvgIpc) is 2.27. The molecule has 1 aliphatic rings. The second kappa shape index (κ2) is 3.36. The van der Waals surface area contributed by atoms with Gasteiger partial charge in [0, 0.05) is 13.3 Å². The number of nitrogens with zero attached hydrogens (tertiary/aromatic N) is 1. The van der Waals surface area contributed by atoms with Gasteiger partial charge in [0.05, 0.1) is 5.56 Å². The van der Waals surface area contributed by atoms with Crippen LogP contribution in [-0.2, 0) is 4.74 Å². The topological polar surface area (TPSA) is 80.1 Å². The lowest BCUT2D eigenvalue weighted by Gasteiger charge is -2.20. The van der Waals surface area contributed by atoms with Crippen LogP contribution in [0.3, 0.4) is 0 Å². The third-order valence-electron chi connectivity index (χ3n) is 2.27. The highest BCUT2D eigenvalue weighted by molar-refractivity contribution is 6.53. The third-order valence-corrected chi connectivity index (χ3v) is 2.27. The van der Waals surface area contributed by atoms with Gasteiger partial charge in [-0.1, -0.05) is 0 Å². The fraction of sp³-hybridized carbons (Fsp3) is 0.200. The SMILES string of the molecule is COC1C(=N)C(=O)c2ncccc2C1=O. The summed E-state index contributed by atoms with van der Waals surface area (Å²) in [4.78, 5) is 27.2. The zero-order valence-corrected chi connectivity index (χ0v) is 7.98. The van der Waals surface area contributed by atoms with Crippen molar-refractivity contribution in [1.29, 1.82) is 5.41 Å². The Kier molecular flexibility index (Phi) is 2.17. The zero-order valence-electron chi connectivity index (χ0n) is 7.98. The molecule has 1 aromatic heterocycles. The normalized spacial score (nSPS) is 20.3. The van der Waals surface area contributed by atoms with Crippen molar-refractivity contribution in [3.8, 4) is 0 Å². The zero-order chi connectivity index (χ0) is 11.0. The molecular formula is C10H8N2O3. The highest BCUT2D eigenvalue weighted by atomic mass is 16.5. The van der Waals surface area contributed by atoms with E-state index >= 15 is 0 Å². The van der Waals surface area contributed by atoms with E-state index in [2.05, 4.69) is 4.98 Å². The Labute approximate surface area is 85.6 Å². The van der Waals surface area contributed by atoms with Crippen LogP contribution in [0.2, 0.25) is 0 Å². The van der Waals surface area contributed by atoms with Gasteiger partial charge in [-0.05, 0) is 12.1 Å². The Morgan fingerprint density at radius 2 is 2.20 bits per heavy atom. The van der Waals surface area contributed by atoms with Crippen LogP contribution in [0, 0.1) is 5.41 Å². The first-order chi connectivity index (χ1) is 7.16. The van der Waals surface area contributed by atoms with E-state index in [1.54, 1.807) is 6.07 Å². The number of pyridine rings is 1. The lowest BCUT2D eigenvalue weighted by Crippen LogP contribution is -2.42. The molecule has 1 heterocycles. The summed E-state index contributed by atoms with van der Waals surface area (Å²) in [7, 11) is 1.30. The summed E-state index contributed by atoms with van der Waals surface area (Å²) in [5.41, 5.74) is -0.0835. The van der Waals surface area contributed by atoms with Crippen molar-refractivity contribution < 1.29 is 14.3 Å². The molecule has 1 N–H and O–H groups in total. The number of ketones is 2. The van der Waals surface area contributed by atoms with Gasteiger partial charge in [0.2, 0.25) is 5.78 Å². The number of methoxy groups -OCH3 is 1. The minimum Gasteiger partial charge on any atom is -0.367 e. The van der Waals surface area contributed by atoms with E-state index in [1.165, 1.54) is 19.4 Å². The van der Waals surface area contributed by atoms with Crippen LogP contribution in [0.25, 0.3) is 0 Å². The van der Waals surface area contributed by atoms with Crippen LogP contribution in [-0.4, -0.2) is 35.5 Å². The quantitative estimate of drug-likeness (QED) is 0.722. The van der Waals surface area contributed by atoms with E-state index < -0.39 is 11.9 Å². The van der Waals surface area contributed by atoms with Crippen LogP contribution >= 0.6 is 0 Å². The molecule has 1 atom stereocenters. The van der Waals surface area contributed by atoms with Gasteiger partial charge >= 0.3 is 0 Å². The van der Waals surface area contributed by atoms with E-state index in [0.29, 0.717) is 0 Å². The van der Waals surface area contributed by atoms with Gasteiger partial charge in [-0.25, -0.2) is 0 Å². The number of fused-ring (bicyclic) bond motifs is 1. The maximum Gasteiger partial charge on any atom is 0.228 e. The van der Waals surface area contributed by atoms with E-state index in [0.717, 1.165) is 0 Å². The molecule has 0 fully saturated rings. The first-order valence-corrected chi connectivity index (χ1v) is 4.32. The third kappa shape index (κ3) is 1.28. The smallest absolute Gasteiger partial charge is 0.228 e. The highest BCUT2D eigenvalue weighted by Gasteiger charge is 2.38. The number of carbonyl (C=O) groups excluding carboxylic acids is 2. The molecule has 0 amide bonds. The molecular weight excluding hydrogens is 196 g/mol. The Hall–Kier alpha value is -1.88. The lowest BCUT2D eigenvalue weighted by atomic mass is 9.90. The van der Waals surface area contributed by atoms with Crippen LogP contribution in [0.15, 0.2) is 18.3 Å². The van der Waals surface area contributed by atoms with E-state index in [9.17, 15) is 9.59 Å². The summed E-state index contributed by atoms with van der Waals surface area (Å²) in [6.07, 6.45) is 0.332. The summed E-state index contributed by atoms with van der Waals surface area (Å²) < 4.78 is 4.82. The van der Waals surface area contributed by atoms with Crippen LogP contribution in [0.1, 0.15) is 20.8 Å². The summed E-state index contributed by atoms with van der Waals surface area (Å²) in [6, 6.07) is 3.09. The standard InChI is InChI=1S/C10H8N2O3/c1-15-10-6(11)9(14)7-5(8(10)13)3-2-4-12-7/h2-4,10-11H,1H3. The summed E-state index contributed by atoms with van der Waals surface area (Å²) in [6.45, 7) is 0. The molecule has 0 aliphatic heterocycles. The fourth-order valence-electron chi connectivity index (χ4n) is 1.53. The van der Waals surface area contributed by atoms with Crippen LogP contribution in [0.4, 0.5) is 0 Å². The molecule has 0 radical (unpaired) electrons. The van der Waals surface area contributed by atoms with E-state index in [1.807, 2.05) is 0 Å². The van der Waals surface area contributed by atoms with Crippen molar-refractivity contribution in [3.63, 3.8) is 0 Å².